The maximum absolute atomic E-state index is 10.4. The van der Waals surface area contributed by atoms with Crippen molar-refractivity contribution in [3.63, 3.8) is 0 Å². The zero-order chi connectivity index (χ0) is 18.5. The highest BCUT2D eigenvalue weighted by Crippen LogP contribution is 2.45. The summed E-state index contributed by atoms with van der Waals surface area (Å²) >= 11 is 0. The van der Waals surface area contributed by atoms with Gasteiger partial charge in [-0.15, -0.1) is 0 Å². The van der Waals surface area contributed by atoms with Gasteiger partial charge in [-0.1, -0.05) is 17.7 Å². The fraction of sp³-hybridized carbons (Fsp3) is 0.444. The van der Waals surface area contributed by atoms with E-state index in [-0.39, 0.29) is 22.8 Å². The summed E-state index contributed by atoms with van der Waals surface area (Å²) in [5.41, 5.74) is 1.15. The summed E-state index contributed by atoms with van der Waals surface area (Å²) in [7, 11) is 0. The molecule has 1 fully saturated rings. The first-order chi connectivity index (χ1) is 11.7. The summed E-state index contributed by atoms with van der Waals surface area (Å²) in [5.74, 6) is -0.305. The van der Waals surface area contributed by atoms with E-state index in [1.54, 1.807) is 32.0 Å². The Labute approximate surface area is 144 Å². The largest absolute Gasteiger partial charge is 0.507 e. The van der Waals surface area contributed by atoms with Crippen LogP contribution in [0, 0.1) is 13.8 Å². The minimum atomic E-state index is -1.50. The molecule has 136 valence electrons. The van der Waals surface area contributed by atoms with E-state index in [0.717, 1.165) is 5.56 Å². The van der Waals surface area contributed by atoms with Gasteiger partial charge in [0.1, 0.15) is 24.1 Å². The summed E-state index contributed by atoms with van der Waals surface area (Å²) in [6.07, 6.45) is -6.24. The van der Waals surface area contributed by atoms with E-state index in [4.69, 9.17) is 9.47 Å². The zero-order valence-corrected chi connectivity index (χ0v) is 14.2. The number of hydrogen-bond acceptors (Lipinski definition) is 7. The van der Waals surface area contributed by atoms with Crippen LogP contribution in [0.25, 0.3) is 10.8 Å². The molecule has 2 aromatic rings. The van der Waals surface area contributed by atoms with Crippen LogP contribution in [0.15, 0.2) is 18.2 Å². The first kappa shape index (κ1) is 17.8. The number of hydrogen-bond donors (Lipinski definition) is 5. The number of benzene rings is 2. The second kappa shape index (κ2) is 6.34. The molecule has 0 aromatic heterocycles. The predicted octanol–water partition coefficient (Wildman–Crippen LogP) is 1.07. The van der Waals surface area contributed by atoms with Crippen LogP contribution < -0.4 is 4.74 Å². The van der Waals surface area contributed by atoms with Crippen LogP contribution in [0.2, 0.25) is 0 Å². The van der Waals surface area contributed by atoms with Crippen LogP contribution in [-0.4, -0.2) is 56.2 Å². The van der Waals surface area contributed by atoms with Crippen LogP contribution in [0.1, 0.15) is 18.1 Å². The Morgan fingerprint density at radius 1 is 0.920 bits per heavy atom. The highest BCUT2D eigenvalue weighted by Gasteiger charge is 2.43. The van der Waals surface area contributed by atoms with E-state index in [2.05, 4.69) is 0 Å². The lowest BCUT2D eigenvalue weighted by Gasteiger charge is -2.39. The molecule has 0 saturated carbocycles. The molecule has 7 nitrogen and oxygen atoms in total. The highest BCUT2D eigenvalue weighted by atomic mass is 16.7. The fourth-order valence-corrected chi connectivity index (χ4v) is 3.01. The number of aromatic hydroxyl groups is 2. The lowest BCUT2D eigenvalue weighted by atomic mass is 9.99. The molecule has 5 atom stereocenters. The Balaban J connectivity index is 2.07. The molecule has 3 rings (SSSR count). The van der Waals surface area contributed by atoms with Crippen LogP contribution in [0.5, 0.6) is 17.2 Å². The lowest BCUT2D eigenvalue weighted by molar-refractivity contribution is -0.268. The monoisotopic (exact) mass is 350 g/mol. The first-order valence-corrected chi connectivity index (χ1v) is 8.03. The third-order valence-electron chi connectivity index (χ3n) is 4.64. The number of aliphatic hydroxyl groups excluding tert-OH is 3. The van der Waals surface area contributed by atoms with Gasteiger partial charge in [-0.05, 0) is 26.8 Å². The van der Waals surface area contributed by atoms with Gasteiger partial charge in [0.2, 0.25) is 6.29 Å². The molecule has 25 heavy (non-hydrogen) atoms. The Hall–Kier alpha value is -2.06. The number of rotatable bonds is 2. The zero-order valence-electron chi connectivity index (χ0n) is 14.2. The summed E-state index contributed by atoms with van der Waals surface area (Å²) < 4.78 is 11.1. The van der Waals surface area contributed by atoms with Gasteiger partial charge in [-0.2, -0.15) is 0 Å². The molecule has 7 heteroatoms. The van der Waals surface area contributed by atoms with Crippen molar-refractivity contribution in [1.29, 1.82) is 0 Å². The average molecular weight is 350 g/mol. The standard InChI is InChI=1S/C18H22O7/c1-7-4-5-10-11(6-7)12(19)8(2)13(20)17(10)25-18-16(23)15(22)14(21)9(3)24-18/h4-6,9,14-16,18-23H,1-3H3/t9-,14-,15+,16+,18-/m0/s1. The van der Waals surface area contributed by atoms with Gasteiger partial charge in [-0.3, -0.25) is 0 Å². The van der Waals surface area contributed by atoms with Gasteiger partial charge in [0.15, 0.2) is 11.5 Å². The van der Waals surface area contributed by atoms with Gasteiger partial charge in [0.25, 0.3) is 0 Å². The molecule has 2 aromatic carbocycles. The number of aliphatic hydroxyl groups is 3. The normalized spacial score (nSPS) is 29.8. The van der Waals surface area contributed by atoms with Gasteiger partial charge in [-0.25, -0.2) is 0 Å². The van der Waals surface area contributed by atoms with Crippen LogP contribution in [0.3, 0.4) is 0 Å². The third kappa shape index (κ3) is 2.89. The number of phenols is 2. The van der Waals surface area contributed by atoms with Crippen molar-refractivity contribution < 1.29 is 35.0 Å². The highest BCUT2D eigenvalue weighted by molar-refractivity contribution is 5.97. The van der Waals surface area contributed by atoms with Crippen LogP contribution in [0.4, 0.5) is 0 Å². The minimum Gasteiger partial charge on any atom is -0.507 e. The van der Waals surface area contributed by atoms with Gasteiger partial charge in [0.05, 0.1) is 6.10 Å². The molecule has 0 amide bonds. The van der Waals surface area contributed by atoms with Gasteiger partial charge < -0.3 is 35.0 Å². The summed E-state index contributed by atoms with van der Waals surface area (Å²) in [4.78, 5) is 0. The molecule has 0 aliphatic carbocycles. The molecule has 1 aliphatic rings. The Bertz CT molecular complexity index is 804. The molecule has 0 radical (unpaired) electrons. The summed E-state index contributed by atoms with van der Waals surface area (Å²) in [6, 6.07) is 5.23. The molecule has 0 spiro atoms. The van der Waals surface area contributed by atoms with E-state index in [1.165, 1.54) is 0 Å². The van der Waals surface area contributed by atoms with Gasteiger partial charge >= 0.3 is 0 Å². The van der Waals surface area contributed by atoms with Crippen molar-refractivity contribution >= 4 is 10.8 Å². The summed E-state index contributed by atoms with van der Waals surface area (Å²) in [5, 5.41) is 51.4. The van der Waals surface area contributed by atoms with E-state index in [1.807, 2.05) is 6.92 Å². The Kier molecular flexibility index (Phi) is 4.51. The van der Waals surface area contributed by atoms with E-state index < -0.39 is 30.7 Å². The molecule has 0 bridgehead atoms. The maximum atomic E-state index is 10.4. The summed E-state index contributed by atoms with van der Waals surface area (Å²) in [6.45, 7) is 4.95. The van der Waals surface area contributed by atoms with Crippen molar-refractivity contribution in [3.05, 3.63) is 29.3 Å². The Morgan fingerprint density at radius 3 is 2.28 bits per heavy atom. The van der Waals surface area contributed by atoms with E-state index in [9.17, 15) is 25.5 Å². The predicted molar refractivity (Wildman–Crippen MR) is 89.7 cm³/mol. The van der Waals surface area contributed by atoms with Crippen molar-refractivity contribution in [2.75, 3.05) is 0 Å². The lowest BCUT2D eigenvalue weighted by Crippen LogP contribution is -2.58. The quantitative estimate of drug-likeness (QED) is 0.550. The molecular formula is C18H22O7. The van der Waals surface area contributed by atoms with Crippen LogP contribution in [-0.2, 0) is 4.74 Å². The minimum absolute atomic E-state index is 0.0325. The molecule has 0 unspecified atom stereocenters. The molecule has 1 heterocycles. The Morgan fingerprint density at radius 2 is 1.60 bits per heavy atom. The molecule has 1 aliphatic heterocycles. The smallest absolute Gasteiger partial charge is 0.229 e. The number of phenolic OH excluding ortho intramolecular Hbond substituents is 2. The molecule has 5 N–H and O–H groups in total. The first-order valence-electron chi connectivity index (χ1n) is 8.03. The number of fused-ring (bicyclic) bond motifs is 1. The van der Waals surface area contributed by atoms with Crippen molar-refractivity contribution in [1.82, 2.24) is 0 Å². The second-order valence-corrected chi connectivity index (χ2v) is 6.50. The second-order valence-electron chi connectivity index (χ2n) is 6.50. The fourth-order valence-electron chi connectivity index (χ4n) is 3.01. The topological polar surface area (TPSA) is 120 Å². The average Bonchev–Trinajstić information content (AvgIpc) is 2.59. The number of aryl methyl sites for hydroxylation is 1. The number of ether oxygens (including phenoxy) is 2. The third-order valence-corrected chi connectivity index (χ3v) is 4.64. The maximum Gasteiger partial charge on any atom is 0.229 e. The SMILES string of the molecule is Cc1ccc2c(O[C@@H]3O[C@@H](C)[C@H](O)[C@@H](O)[C@H]3O)c(O)c(C)c(O)c2c1. The van der Waals surface area contributed by atoms with E-state index in [0.29, 0.717) is 10.8 Å². The van der Waals surface area contributed by atoms with Gasteiger partial charge in [0, 0.05) is 16.3 Å². The van der Waals surface area contributed by atoms with Crippen molar-refractivity contribution in [2.45, 2.75) is 51.5 Å². The van der Waals surface area contributed by atoms with Crippen molar-refractivity contribution in [2.24, 2.45) is 0 Å². The van der Waals surface area contributed by atoms with Crippen molar-refractivity contribution in [3.8, 4) is 17.2 Å². The van der Waals surface area contributed by atoms with Crippen LogP contribution >= 0.6 is 0 Å². The molecular weight excluding hydrogens is 328 g/mol. The van der Waals surface area contributed by atoms with E-state index >= 15 is 0 Å². The molecule has 1 saturated heterocycles.